The van der Waals surface area contributed by atoms with Crippen LogP contribution in [0.3, 0.4) is 0 Å². The molecule has 0 atom stereocenters. The number of ether oxygens (including phenoxy) is 1. The summed E-state index contributed by atoms with van der Waals surface area (Å²) in [6, 6.07) is 3.20. The van der Waals surface area contributed by atoms with Gasteiger partial charge in [0.2, 0.25) is 5.69 Å². The highest BCUT2D eigenvalue weighted by atomic mass is 16.5. The van der Waals surface area contributed by atoms with Gasteiger partial charge in [-0.05, 0) is 12.0 Å². The van der Waals surface area contributed by atoms with E-state index in [2.05, 4.69) is 32.2 Å². The second-order valence-electron chi connectivity index (χ2n) is 4.20. The van der Waals surface area contributed by atoms with E-state index in [1.54, 1.807) is 12.1 Å². The molecule has 2 aromatic heterocycles. The van der Waals surface area contributed by atoms with E-state index >= 15 is 0 Å². The first kappa shape index (κ1) is 13.5. The number of rotatable bonds is 3. The van der Waals surface area contributed by atoms with Crippen molar-refractivity contribution in [1.82, 2.24) is 20.4 Å². The first-order valence-electron chi connectivity index (χ1n) is 5.86. The van der Waals surface area contributed by atoms with Crippen molar-refractivity contribution in [2.75, 3.05) is 0 Å². The van der Waals surface area contributed by atoms with Crippen molar-refractivity contribution < 1.29 is 14.6 Å². The zero-order valence-electron chi connectivity index (χ0n) is 10.9. The van der Waals surface area contributed by atoms with Crippen LogP contribution in [0.25, 0.3) is 0 Å². The van der Waals surface area contributed by atoms with Crippen LogP contribution in [0.4, 0.5) is 0 Å². The number of carbonyl (C=O) groups is 1. The van der Waals surface area contributed by atoms with E-state index in [0.29, 0.717) is 11.4 Å². The zero-order valence-corrected chi connectivity index (χ0v) is 10.9. The van der Waals surface area contributed by atoms with Crippen molar-refractivity contribution in [2.24, 2.45) is 5.92 Å². The van der Waals surface area contributed by atoms with Gasteiger partial charge in [0.1, 0.15) is 11.4 Å². The predicted octanol–water partition coefficient (Wildman–Crippen LogP) is 1.70. The average molecular weight is 272 g/mol. The fourth-order valence-electron chi connectivity index (χ4n) is 1.31. The number of carboxylic acids is 1. The van der Waals surface area contributed by atoms with Crippen molar-refractivity contribution in [1.29, 1.82) is 0 Å². The van der Waals surface area contributed by atoms with E-state index < -0.39 is 5.97 Å². The Bertz CT molecular complexity index is 682. The number of nitrogens with one attached hydrogen (secondary N) is 1. The first-order valence-corrected chi connectivity index (χ1v) is 5.86. The lowest BCUT2D eigenvalue weighted by atomic mass is 10.2. The Morgan fingerprint density at radius 1 is 1.50 bits per heavy atom. The molecule has 7 nitrogen and oxygen atoms in total. The molecule has 0 saturated heterocycles. The standard InChI is InChI=1S/C13H12N4O3/c1-8(2)3-4-9-7-10(5-6-14-9)20-12-11(13(18)19)15-17-16-12/h5-8H,1-2H3,(H,18,19)(H,15,16,17). The molecule has 0 aromatic carbocycles. The molecule has 0 aliphatic carbocycles. The molecule has 0 fully saturated rings. The monoisotopic (exact) mass is 272 g/mol. The van der Waals surface area contributed by atoms with Crippen molar-refractivity contribution in [3.8, 4) is 23.5 Å². The summed E-state index contributed by atoms with van der Waals surface area (Å²) in [6.07, 6.45) is 1.53. The van der Waals surface area contributed by atoms with Crippen LogP contribution in [-0.2, 0) is 0 Å². The van der Waals surface area contributed by atoms with Gasteiger partial charge in [-0.2, -0.15) is 0 Å². The van der Waals surface area contributed by atoms with Crippen molar-refractivity contribution in [3.05, 3.63) is 29.7 Å². The number of hydrogen-bond donors (Lipinski definition) is 2. The van der Waals surface area contributed by atoms with Crippen LogP contribution >= 0.6 is 0 Å². The maximum absolute atomic E-state index is 10.9. The second-order valence-corrected chi connectivity index (χ2v) is 4.20. The minimum Gasteiger partial charge on any atom is -0.476 e. The highest BCUT2D eigenvalue weighted by Gasteiger charge is 2.16. The van der Waals surface area contributed by atoms with E-state index in [9.17, 15) is 4.79 Å². The molecular weight excluding hydrogens is 260 g/mol. The molecule has 0 amide bonds. The van der Waals surface area contributed by atoms with Gasteiger partial charge >= 0.3 is 5.97 Å². The van der Waals surface area contributed by atoms with Gasteiger partial charge < -0.3 is 9.84 Å². The summed E-state index contributed by atoms with van der Waals surface area (Å²) >= 11 is 0. The largest absolute Gasteiger partial charge is 0.476 e. The molecule has 2 rings (SSSR count). The minimum atomic E-state index is -1.22. The van der Waals surface area contributed by atoms with E-state index in [1.807, 2.05) is 13.8 Å². The SMILES string of the molecule is CC(C)C#Cc1cc(Oc2[nH]nnc2C(=O)O)ccn1. The molecule has 102 valence electrons. The fraction of sp³-hybridized carbons (Fsp3) is 0.231. The summed E-state index contributed by atoms with van der Waals surface area (Å²) in [5, 5.41) is 18.1. The molecular formula is C13H12N4O3. The first-order chi connectivity index (χ1) is 9.56. The minimum absolute atomic E-state index is 0.0357. The summed E-state index contributed by atoms with van der Waals surface area (Å²) in [5.74, 6) is 5.27. The molecule has 2 N–H and O–H groups in total. The Kier molecular flexibility index (Phi) is 3.96. The molecule has 0 unspecified atom stereocenters. The number of aromatic nitrogens is 4. The van der Waals surface area contributed by atoms with Crippen LogP contribution in [0.5, 0.6) is 11.6 Å². The maximum atomic E-state index is 10.9. The molecule has 2 heterocycles. The Balaban J connectivity index is 2.22. The molecule has 0 bridgehead atoms. The summed E-state index contributed by atoms with van der Waals surface area (Å²) in [4.78, 5) is 15.0. The summed E-state index contributed by atoms with van der Waals surface area (Å²) < 4.78 is 5.39. The third kappa shape index (κ3) is 3.32. The molecule has 2 aromatic rings. The summed E-state index contributed by atoms with van der Waals surface area (Å²) in [5.41, 5.74) is 0.261. The lowest BCUT2D eigenvalue weighted by molar-refractivity contribution is 0.0687. The Hall–Kier alpha value is -2.88. The number of H-pyrrole nitrogens is 1. The lowest BCUT2D eigenvalue weighted by Crippen LogP contribution is -2.00. The number of hydrogen-bond acceptors (Lipinski definition) is 5. The van der Waals surface area contributed by atoms with Crippen molar-refractivity contribution >= 4 is 5.97 Å². The van der Waals surface area contributed by atoms with Gasteiger partial charge in [-0.25, -0.2) is 14.9 Å². The quantitative estimate of drug-likeness (QED) is 0.825. The highest BCUT2D eigenvalue weighted by Crippen LogP contribution is 2.21. The van der Waals surface area contributed by atoms with E-state index in [-0.39, 0.29) is 17.5 Å². The third-order valence-electron chi connectivity index (χ3n) is 2.16. The van der Waals surface area contributed by atoms with E-state index in [1.165, 1.54) is 6.20 Å². The van der Waals surface area contributed by atoms with E-state index in [0.717, 1.165) is 0 Å². The molecule has 0 aliphatic heterocycles. The molecule has 0 radical (unpaired) electrons. The molecule has 7 heteroatoms. The number of aromatic amines is 1. The van der Waals surface area contributed by atoms with Crippen molar-refractivity contribution in [3.63, 3.8) is 0 Å². The molecule has 0 saturated carbocycles. The number of pyridine rings is 1. The van der Waals surface area contributed by atoms with Gasteiger partial charge in [-0.3, -0.25) is 0 Å². The zero-order chi connectivity index (χ0) is 14.5. The molecule has 0 spiro atoms. The maximum Gasteiger partial charge on any atom is 0.362 e. The van der Waals surface area contributed by atoms with Crippen LogP contribution in [0.15, 0.2) is 18.3 Å². The van der Waals surface area contributed by atoms with Crippen LogP contribution in [0.1, 0.15) is 30.0 Å². The van der Waals surface area contributed by atoms with Gasteiger partial charge in [0.15, 0.2) is 0 Å². The Morgan fingerprint density at radius 2 is 2.30 bits per heavy atom. The lowest BCUT2D eigenvalue weighted by Gasteiger charge is -2.02. The summed E-state index contributed by atoms with van der Waals surface area (Å²) in [6.45, 7) is 3.95. The molecule has 0 aliphatic rings. The van der Waals surface area contributed by atoms with Crippen LogP contribution < -0.4 is 4.74 Å². The van der Waals surface area contributed by atoms with Gasteiger partial charge in [-0.15, -0.1) is 5.10 Å². The van der Waals surface area contributed by atoms with Gasteiger partial charge in [-0.1, -0.05) is 25.0 Å². The number of nitrogens with zero attached hydrogens (tertiary/aromatic N) is 3. The smallest absolute Gasteiger partial charge is 0.362 e. The topological polar surface area (TPSA) is 101 Å². The molecule has 20 heavy (non-hydrogen) atoms. The Labute approximate surface area is 115 Å². The van der Waals surface area contributed by atoms with Crippen LogP contribution in [0.2, 0.25) is 0 Å². The van der Waals surface area contributed by atoms with Gasteiger partial charge in [0.05, 0.1) is 0 Å². The van der Waals surface area contributed by atoms with Crippen LogP contribution in [0, 0.1) is 17.8 Å². The highest BCUT2D eigenvalue weighted by molar-refractivity contribution is 5.87. The van der Waals surface area contributed by atoms with Crippen LogP contribution in [-0.4, -0.2) is 31.5 Å². The average Bonchev–Trinajstić information content (AvgIpc) is 2.85. The normalized spacial score (nSPS) is 9.95. The third-order valence-corrected chi connectivity index (χ3v) is 2.16. The van der Waals surface area contributed by atoms with Crippen molar-refractivity contribution in [2.45, 2.75) is 13.8 Å². The Morgan fingerprint density at radius 3 is 3.00 bits per heavy atom. The van der Waals surface area contributed by atoms with E-state index in [4.69, 9.17) is 9.84 Å². The number of carboxylic acid groups (broad SMARTS) is 1. The fourth-order valence-corrected chi connectivity index (χ4v) is 1.31. The predicted molar refractivity (Wildman–Crippen MR) is 69.4 cm³/mol. The van der Waals surface area contributed by atoms with Gasteiger partial charge in [0, 0.05) is 18.2 Å². The second kappa shape index (κ2) is 5.84. The number of aromatic carboxylic acids is 1. The summed E-state index contributed by atoms with van der Waals surface area (Å²) in [7, 11) is 0. The van der Waals surface area contributed by atoms with Gasteiger partial charge in [0.25, 0.3) is 5.88 Å².